The molecule has 2 aromatic carbocycles. The van der Waals surface area contributed by atoms with Crippen molar-refractivity contribution in [3.05, 3.63) is 80.4 Å². The van der Waals surface area contributed by atoms with E-state index in [-0.39, 0.29) is 29.1 Å². The van der Waals surface area contributed by atoms with Crippen molar-refractivity contribution in [3.8, 4) is 17.1 Å². The third-order valence-corrected chi connectivity index (χ3v) is 5.93. The molecular weight excluding hydrogens is 458 g/mol. The molecule has 0 aliphatic heterocycles. The number of rotatable bonds is 5. The van der Waals surface area contributed by atoms with Crippen LogP contribution in [0, 0.1) is 11.6 Å². The Morgan fingerprint density at radius 2 is 1.74 bits per heavy atom. The number of hydrogen-bond acceptors (Lipinski definition) is 5. The summed E-state index contributed by atoms with van der Waals surface area (Å²) >= 11 is 0. The second kappa shape index (κ2) is 8.77. The predicted octanol–water partition coefficient (Wildman–Crippen LogP) is 3.43. The minimum atomic E-state index is -0.856. The molecule has 0 amide bonds. The standard InChI is InChI=1S/C25H26F2N4O4/c1-6-29-22(13-32)28-31(24(29)34)21-11-15-16(10-19(21)27)23(33)30(12-17(15)25(2,3)4)20-9-14(35-5)7-8-18(20)26/h7-12,32H,6,13H2,1-5H3. The quantitative estimate of drug-likeness (QED) is 0.469. The maximum Gasteiger partial charge on any atom is 0.350 e. The van der Waals surface area contributed by atoms with E-state index in [0.29, 0.717) is 16.7 Å². The van der Waals surface area contributed by atoms with Crippen molar-refractivity contribution in [3.63, 3.8) is 0 Å². The number of halogens is 2. The van der Waals surface area contributed by atoms with Gasteiger partial charge in [0.15, 0.2) is 5.82 Å². The van der Waals surface area contributed by atoms with Gasteiger partial charge in [-0.25, -0.2) is 13.6 Å². The summed E-state index contributed by atoms with van der Waals surface area (Å²) in [4.78, 5) is 26.3. The molecule has 35 heavy (non-hydrogen) atoms. The van der Waals surface area contributed by atoms with E-state index in [9.17, 15) is 19.1 Å². The minimum Gasteiger partial charge on any atom is -0.497 e. The van der Waals surface area contributed by atoms with Crippen LogP contribution < -0.4 is 16.0 Å². The minimum absolute atomic E-state index is 0.0197. The summed E-state index contributed by atoms with van der Waals surface area (Å²) in [5.74, 6) is -1.04. The summed E-state index contributed by atoms with van der Waals surface area (Å²) in [5, 5.41) is 14.0. The molecule has 2 aromatic heterocycles. The maximum absolute atomic E-state index is 15.4. The first-order chi connectivity index (χ1) is 16.5. The van der Waals surface area contributed by atoms with Gasteiger partial charge in [-0.3, -0.25) is 13.9 Å². The Balaban J connectivity index is 2.09. The second-order valence-electron chi connectivity index (χ2n) is 9.15. The molecule has 8 nitrogen and oxygen atoms in total. The molecular formula is C25H26F2N4O4. The lowest BCUT2D eigenvalue weighted by molar-refractivity contribution is 0.264. The molecule has 10 heteroatoms. The summed E-state index contributed by atoms with van der Waals surface area (Å²) in [6.45, 7) is 7.18. The van der Waals surface area contributed by atoms with Crippen molar-refractivity contribution in [1.82, 2.24) is 18.9 Å². The lowest BCUT2D eigenvalue weighted by Crippen LogP contribution is -2.26. The Morgan fingerprint density at radius 1 is 1.03 bits per heavy atom. The van der Waals surface area contributed by atoms with Gasteiger partial charge in [0.1, 0.15) is 29.7 Å². The molecule has 4 rings (SSSR count). The first-order valence-electron chi connectivity index (χ1n) is 11.0. The summed E-state index contributed by atoms with van der Waals surface area (Å²) in [7, 11) is 1.43. The Morgan fingerprint density at radius 3 is 2.31 bits per heavy atom. The summed E-state index contributed by atoms with van der Waals surface area (Å²) in [5.41, 5.74) is -1.34. The van der Waals surface area contributed by atoms with Gasteiger partial charge in [-0.05, 0) is 47.6 Å². The highest BCUT2D eigenvalue weighted by molar-refractivity contribution is 5.88. The largest absolute Gasteiger partial charge is 0.497 e. The molecule has 0 spiro atoms. The average molecular weight is 485 g/mol. The number of methoxy groups -OCH3 is 1. The van der Waals surface area contributed by atoms with Crippen molar-refractivity contribution in [1.29, 1.82) is 0 Å². The van der Waals surface area contributed by atoms with E-state index >= 15 is 4.39 Å². The highest BCUT2D eigenvalue weighted by Gasteiger charge is 2.24. The molecule has 1 N–H and O–H groups in total. The van der Waals surface area contributed by atoms with Gasteiger partial charge in [0.2, 0.25) is 0 Å². The number of benzene rings is 2. The number of ether oxygens (including phenoxy) is 1. The summed E-state index contributed by atoms with van der Waals surface area (Å²) < 4.78 is 38.6. The monoisotopic (exact) mass is 484 g/mol. The van der Waals surface area contributed by atoms with Crippen LogP contribution in [0.15, 0.2) is 46.1 Å². The third-order valence-electron chi connectivity index (χ3n) is 5.93. The fourth-order valence-corrected chi connectivity index (χ4v) is 4.12. The number of hydrogen-bond donors (Lipinski definition) is 1. The number of nitrogens with zero attached hydrogens (tertiary/aromatic N) is 4. The lowest BCUT2D eigenvalue weighted by atomic mass is 9.84. The molecule has 2 heterocycles. The van der Waals surface area contributed by atoms with Gasteiger partial charge in [-0.1, -0.05) is 20.8 Å². The van der Waals surface area contributed by atoms with Crippen LogP contribution in [-0.4, -0.2) is 31.1 Å². The zero-order valence-corrected chi connectivity index (χ0v) is 20.1. The lowest BCUT2D eigenvalue weighted by Gasteiger charge is -2.23. The van der Waals surface area contributed by atoms with Crippen LogP contribution in [0.25, 0.3) is 22.1 Å². The zero-order valence-electron chi connectivity index (χ0n) is 20.1. The molecule has 184 valence electrons. The molecule has 0 atom stereocenters. The second-order valence-corrected chi connectivity index (χ2v) is 9.15. The average Bonchev–Trinajstić information content (AvgIpc) is 3.14. The Hall–Kier alpha value is -3.79. The van der Waals surface area contributed by atoms with Gasteiger partial charge in [0.05, 0.1) is 18.2 Å². The first kappa shape index (κ1) is 24.3. The van der Waals surface area contributed by atoms with E-state index in [1.54, 1.807) is 6.92 Å². The summed E-state index contributed by atoms with van der Waals surface area (Å²) in [6, 6.07) is 6.46. The van der Waals surface area contributed by atoms with Gasteiger partial charge in [-0.15, -0.1) is 5.10 Å². The van der Waals surface area contributed by atoms with Crippen molar-refractivity contribution < 1.29 is 18.6 Å². The molecule has 0 radical (unpaired) electrons. The number of pyridine rings is 1. The third kappa shape index (κ3) is 4.03. The van der Waals surface area contributed by atoms with Crippen molar-refractivity contribution in [2.45, 2.75) is 46.3 Å². The smallest absolute Gasteiger partial charge is 0.350 e. The van der Waals surface area contributed by atoms with E-state index in [0.717, 1.165) is 15.3 Å². The van der Waals surface area contributed by atoms with E-state index in [4.69, 9.17) is 4.74 Å². The fraction of sp³-hybridized carbons (Fsp3) is 0.320. The SMILES string of the molecule is CCn1c(CO)nn(-c2cc3c(C(C)(C)C)cn(-c4cc(OC)ccc4F)c(=O)c3cc2F)c1=O. The Kier molecular flexibility index (Phi) is 6.10. The molecule has 4 aromatic rings. The molecule has 0 bridgehead atoms. The predicted molar refractivity (Wildman–Crippen MR) is 128 cm³/mol. The van der Waals surface area contributed by atoms with Gasteiger partial charge in [0, 0.05) is 18.8 Å². The number of aliphatic hydroxyl groups is 1. The van der Waals surface area contributed by atoms with Crippen LogP contribution in [0.5, 0.6) is 5.75 Å². The van der Waals surface area contributed by atoms with Crippen molar-refractivity contribution in [2.75, 3.05) is 7.11 Å². The molecule has 0 fully saturated rings. The number of aliphatic hydroxyl groups excluding tert-OH is 1. The van der Waals surface area contributed by atoms with Gasteiger partial charge in [0.25, 0.3) is 5.56 Å². The Labute approximate surface area is 199 Å². The Bertz CT molecular complexity index is 1560. The van der Waals surface area contributed by atoms with E-state index in [1.807, 2.05) is 20.8 Å². The molecule has 0 saturated carbocycles. The normalized spacial score (nSPS) is 11.9. The fourth-order valence-electron chi connectivity index (χ4n) is 4.12. The molecule has 0 saturated heterocycles. The summed E-state index contributed by atoms with van der Waals surface area (Å²) in [6.07, 6.45) is 1.52. The maximum atomic E-state index is 15.4. The van der Waals surface area contributed by atoms with E-state index in [2.05, 4.69) is 5.10 Å². The number of aromatic nitrogens is 4. The number of fused-ring (bicyclic) bond motifs is 1. The van der Waals surface area contributed by atoms with Crippen LogP contribution in [0.3, 0.4) is 0 Å². The van der Waals surface area contributed by atoms with Gasteiger partial charge >= 0.3 is 5.69 Å². The van der Waals surface area contributed by atoms with Crippen LogP contribution in [0.1, 0.15) is 39.1 Å². The molecule has 0 aliphatic rings. The van der Waals surface area contributed by atoms with Crippen LogP contribution in [-0.2, 0) is 18.6 Å². The van der Waals surface area contributed by atoms with Gasteiger partial charge in [-0.2, -0.15) is 4.68 Å². The van der Waals surface area contributed by atoms with Crippen molar-refractivity contribution >= 4 is 10.8 Å². The van der Waals surface area contributed by atoms with Crippen LogP contribution in [0.2, 0.25) is 0 Å². The topological polar surface area (TPSA) is 91.3 Å². The highest BCUT2D eigenvalue weighted by Crippen LogP contribution is 2.32. The highest BCUT2D eigenvalue weighted by atomic mass is 19.1. The van der Waals surface area contributed by atoms with Crippen molar-refractivity contribution in [2.24, 2.45) is 0 Å². The van der Waals surface area contributed by atoms with Crippen LogP contribution >= 0.6 is 0 Å². The first-order valence-corrected chi connectivity index (χ1v) is 11.0. The molecule has 0 unspecified atom stereocenters. The van der Waals surface area contributed by atoms with E-state index in [1.165, 1.54) is 42.1 Å². The van der Waals surface area contributed by atoms with E-state index < -0.39 is 34.9 Å². The van der Waals surface area contributed by atoms with Gasteiger partial charge < -0.3 is 9.84 Å². The zero-order chi connectivity index (χ0) is 25.7. The molecule has 0 aliphatic carbocycles. The van der Waals surface area contributed by atoms with Crippen LogP contribution in [0.4, 0.5) is 8.78 Å².